The Bertz CT molecular complexity index is 994. The molecule has 204 valence electrons. The van der Waals surface area contributed by atoms with Crippen molar-refractivity contribution < 1.29 is 0 Å². The zero-order valence-electron chi connectivity index (χ0n) is 24.5. The summed E-state index contributed by atoms with van der Waals surface area (Å²) in [5.41, 5.74) is 4.76. The van der Waals surface area contributed by atoms with Gasteiger partial charge in [-0.3, -0.25) is 0 Å². The Labute approximate surface area is 235 Å². The molecular weight excluding hydrogens is 456 g/mol. The molecule has 38 heavy (non-hydrogen) atoms. The molecule has 0 nitrogen and oxygen atoms in total. The maximum Gasteiger partial charge on any atom is 0.0249 e. The zero-order valence-corrected chi connectivity index (χ0v) is 24.5. The molecule has 0 bridgehead atoms. The second-order valence-electron chi connectivity index (χ2n) is 11.5. The molecule has 0 atom stereocenters. The monoisotopic (exact) mass is 508 g/mol. The van der Waals surface area contributed by atoms with Crippen LogP contribution in [0.4, 0.5) is 0 Å². The van der Waals surface area contributed by atoms with Gasteiger partial charge in [-0.25, -0.2) is 0 Å². The van der Waals surface area contributed by atoms with Crippen LogP contribution in [0.25, 0.3) is 0 Å². The second kappa shape index (κ2) is 18.8. The van der Waals surface area contributed by atoms with Crippen molar-refractivity contribution in [1.29, 1.82) is 0 Å². The van der Waals surface area contributed by atoms with Crippen LogP contribution in [-0.2, 0) is 0 Å². The first-order valence-corrected chi connectivity index (χ1v) is 16.0. The Kier molecular flexibility index (Phi) is 14.9. The lowest BCUT2D eigenvalue weighted by Gasteiger charge is -2.29. The summed E-state index contributed by atoms with van der Waals surface area (Å²) in [6.45, 7) is 4.57. The van der Waals surface area contributed by atoms with Crippen molar-refractivity contribution in [3.63, 3.8) is 0 Å². The fourth-order valence-corrected chi connectivity index (χ4v) is 5.78. The van der Waals surface area contributed by atoms with Gasteiger partial charge in [0.1, 0.15) is 0 Å². The Hall–Kier alpha value is -2.44. The summed E-state index contributed by atoms with van der Waals surface area (Å²) >= 11 is 0. The van der Waals surface area contributed by atoms with Crippen molar-refractivity contribution >= 4 is 0 Å². The molecule has 0 aromatic heterocycles. The van der Waals surface area contributed by atoms with Crippen molar-refractivity contribution in [2.75, 3.05) is 0 Å². The van der Waals surface area contributed by atoms with Gasteiger partial charge < -0.3 is 0 Å². The molecule has 0 amide bonds. The molecule has 1 aliphatic carbocycles. The molecule has 0 saturated heterocycles. The molecule has 1 fully saturated rings. The summed E-state index contributed by atoms with van der Waals surface area (Å²) < 4.78 is 0. The van der Waals surface area contributed by atoms with Gasteiger partial charge in [-0.05, 0) is 85.9 Å². The summed E-state index contributed by atoms with van der Waals surface area (Å²) in [6.07, 6.45) is 24.5. The van der Waals surface area contributed by atoms with Crippen LogP contribution in [-0.4, -0.2) is 0 Å². The number of benzene rings is 2. The van der Waals surface area contributed by atoms with Crippen molar-refractivity contribution in [1.82, 2.24) is 0 Å². The average molecular weight is 509 g/mol. The van der Waals surface area contributed by atoms with E-state index in [9.17, 15) is 0 Å². The van der Waals surface area contributed by atoms with E-state index >= 15 is 0 Å². The third kappa shape index (κ3) is 12.0. The highest BCUT2D eigenvalue weighted by molar-refractivity contribution is 5.46. The lowest BCUT2D eigenvalue weighted by atomic mass is 9.77. The lowest BCUT2D eigenvalue weighted by molar-refractivity contribution is 0.302. The molecule has 2 aromatic rings. The van der Waals surface area contributed by atoms with E-state index in [-0.39, 0.29) is 0 Å². The molecule has 0 aliphatic heterocycles. The predicted molar refractivity (Wildman–Crippen MR) is 166 cm³/mol. The minimum Gasteiger partial charge on any atom is -0.0979 e. The van der Waals surface area contributed by atoms with E-state index in [1.807, 2.05) is 0 Å². The Morgan fingerprint density at radius 2 is 1.00 bits per heavy atom. The SMILES string of the molecule is CCCCCCCCC#Cc1ccc(C#Cc2ccc([C@H]3CC[C@H](CCCCCCCC)CC3)cc2)cc1. The topological polar surface area (TPSA) is 0 Å². The van der Waals surface area contributed by atoms with E-state index in [4.69, 9.17) is 0 Å². The molecule has 0 N–H and O–H groups in total. The normalized spacial score (nSPS) is 16.8. The van der Waals surface area contributed by atoms with Gasteiger partial charge in [0.2, 0.25) is 0 Å². The van der Waals surface area contributed by atoms with Crippen molar-refractivity contribution in [3.8, 4) is 23.7 Å². The third-order valence-electron chi connectivity index (χ3n) is 8.32. The average Bonchev–Trinajstić information content (AvgIpc) is 2.96. The van der Waals surface area contributed by atoms with E-state index in [0.717, 1.165) is 34.9 Å². The lowest BCUT2D eigenvalue weighted by Crippen LogP contribution is -2.13. The molecular formula is C38H52. The Morgan fingerprint density at radius 3 is 1.58 bits per heavy atom. The molecule has 2 aromatic carbocycles. The van der Waals surface area contributed by atoms with E-state index in [2.05, 4.69) is 86.1 Å². The molecule has 1 saturated carbocycles. The van der Waals surface area contributed by atoms with E-state index in [1.54, 1.807) is 0 Å². The van der Waals surface area contributed by atoms with Crippen LogP contribution in [0.1, 0.15) is 158 Å². The summed E-state index contributed by atoms with van der Waals surface area (Å²) in [5, 5.41) is 0. The van der Waals surface area contributed by atoms with Gasteiger partial charge in [0, 0.05) is 23.1 Å². The van der Waals surface area contributed by atoms with Gasteiger partial charge in [-0.15, -0.1) is 0 Å². The van der Waals surface area contributed by atoms with Crippen LogP contribution in [0.5, 0.6) is 0 Å². The highest BCUT2D eigenvalue weighted by Crippen LogP contribution is 2.37. The predicted octanol–water partition coefficient (Wildman–Crippen LogP) is 11.2. The smallest absolute Gasteiger partial charge is 0.0249 e. The Morgan fingerprint density at radius 1 is 0.526 bits per heavy atom. The summed E-state index contributed by atoms with van der Waals surface area (Å²) in [7, 11) is 0. The van der Waals surface area contributed by atoms with Gasteiger partial charge in [0.15, 0.2) is 0 Å². The van der Waals surface area contributed by atoms with Crippen molar-refractivity contribution in [3.05, 3.63) is 70.8 Å². The van der Waals surface area contributed by atoms with Gasteiger partial charge in [-0.2, -0.15) is 0 Å². The Balaban J connectivity index is 1.36. The molecule has 0 spiro atoms. The minimum atomic E-state index is 0.743. The minimum absolute atomic E-state index is 0.743. The summed E-state index contributed by atoms with van der Waals surface area (Å²) in [4.78, 5) is 0. The standard InChI is InChI=1S/C38H52/c1-3-5-7-9-11-12-14-16-17-33-19-21-35(22-20-33)23-24-36-27-31-38(32-28-36)37-29-25-34(26-30-37)18-15-13-10-8-6-4-2/h19-22,27-28,31-32,34,37H,3-15,18,25-26,29-30H2,1-2H3/t34-,37-. The number of unbranched alkanes of at least 4 members (excludes halogenated alkanes) is 11. The van der Waals surface area contributed by atoms with Crippen LogP contribution < -0.4 is 0 Å². The van der Waals surface area contributed by atoms with Crippen LogP contribution in [0.2, 0.25) is 0 Å². The van der Waals surface area contributed by atoms with Crippen LogP contribution >= 0.6 is 0 Å². The molecule has 0 unspecified atom stereocenters. The third-order valence-corrected chi connectivity index (χ3v) is 8.32. The first-order valence-electron chi connectivity index (χ1n) is 16.0. The highest BCUT2D eigenvalue weighted by Gasteiger charge is 2.21. The number of hydrogen-bond donors (Lipinski definition) is 0. The fourth-order valence-electron chi connectivity index (χ4n) is 5.78. The van der Waals surface area contributed by atoms with Crippen LogP contribution in [0.3, 0.4) is 0 Å². The molecule has 0 radical (unpaired) electrons. The van der Waals surface area contributed by atoms with E-state index in [0.29, 0.717) is 0 Å². The molecule has 1 aliphatic rings. The maximum absolute atomic E-state index is 3.35. The second-order valence-corrected chi connectivity index (χ2v) is 11.5. The quantitative estimate of drug-likeness (QED) is 0.176. The van der Waals surface area contributed by atoms with Gasteiger partial charge in [0.25, 0.3) is 0 Å². The van der Waals surface area contributed by atoms with Crippen LogP contribution in [0, 0.1) is 29.6 Å². The molecule has 3 rings (SSSR count). The van der Waals surface area contributed by atoms with Crippen LogP contribution in [0.15, 0.2) is 48.5 Å². The number of rotatable bonds is 14. The molecule has 0 heterocycles. The summed E-state index contributed by atoms with van der Waals surface area (Å²) in [6, 6.07) is 17.5. The first kappa shape index (κ1) is 30.1. The molecule has 0 heteroatoms. The van der Waals surface area contributed by atoms with E-state index < -0.39 is 0 Å². The summed E-state index contributed by atoms with van der Waals surface area (Å²) in [5.74, 6) is 15.0. The highest BCUT2D eigenvalue weighted by atomic mass is 14.3. The van der Waals surface area contributed by atoms with Crippen molar-refractivity contribution in [2.24, 2.45) is 5.92 Å². The fraction of sp³-hybridized carbons (Fsp3) is 0.579. The van der Waals surface area contributed by atoms with E-state index in [1.165, 1.54) is 115 Å². The zero-order chi connectivity index (χ0) is 26.7. The largest absolute Gasteiger partial charge is 0.0979 e. The first-order chi connectivity index (χ1) is 18.8. The van der Waals surface area contributed by atoms with Gasteiger partial charge in [-0.1, -0.05) is 127 Å². The maximum atomic E-state index is 3.35. The van der Waals surface area contributed by atoms with Crippen molar-refractivity contribution in [2.45, 2.75) is 135 Å². The van der Waals surface area contributed by atoms with Gasteiger partial charge >= 0.3 is 0 Å². The van der Waals surface area contributed by atoms with Gasteiger partial charge in [0.05, 0.1) is 0 Å². The number of hydrogen-bond acceptors (Lipinski definition) is 0.